The van der Waals surface area contributed by atoms with Crippen molar-refractivity contribution in [3.8, 4) is 5.75 Å². The van der Waals surface area contributed by atoms with Gasteiger partial charge in [0, 0.05) is 13.1 Å². The van der Waals surface area contributed by atoms with E-state index in [1.54, 1.807) is 0 Å². The lowest BCUT2D eigenvalue weighted by molar-refractivity contribution is -0.0195. The van der Waals surface area contributed by atoms with E-state index in [0.717, 1.165) is 54.1 Å². The van der Waals surface area contributed by atoms with Crippen LogP contribution in [-0.4, -0.2) is 59.5 Å². The molecule has 2 atom stereocenters. The van der Waals surface area contributed by atoms with Crippen LogP contribution in [0, 0.1) is 0 Å². The first kappa shape index (κ1) is 21.6. The van der Waals surface area contributed by atoms with Gasteiger partial charge in [-0.15, -0.1) is 0 Å². The van der Waals surface area contributed by atoms with Crippen LogP contribution in [0.15, 0.2) is 48.5 Å². The number of imidazole rings is 1. The van der Waals surface area contributed by atoms with Crippen LogP contribution >= 0.6 is 0 Å². The molecule has 0 spiro atoms. The summed E-state index contributed by atoms with van der Waals surface area (Å²) in [5.74, 6) is 1.67. The van der Waals surface area contributed by atoms with E-state index < -0.39 is 0 Å². The van der Waals surface area contributed by atoms with Gasteiger partial charge in [-0.05, 0) is 63.2 Å². The first-order chi connectivity index (χ1) is 15.1. The van der Waals surface area contributed by atoms with E-state index in [4.69, 9.17) is 14.5 Å². The van der Waals surface area contributed by atoms with Crippen molar-refractivity contribution in [2.75, 3.05) is 39.2 Å². The van der Waals surface area contributed by atoms with Gasteiger partial charge in [-0.25, -0.2) is 4.98 Å². The number of aliphatic hydroxyl groups excluding tert-OH is 1. The highest BCUT2D eigenvalue weighted by Crippen LogP contribution is 2.34. The van der Waals surface area contributed by atoms with Crippen LogP contribution in [0.2, 0.25) is 0 Å². The third-order valence-corrected chi connectivity index (χ3v) is 5.54. The van der Waals surface area contributed by atoms with Gasteiger partial charge in [0.1, 0.15) is 12.0 Å². The molecule has 31 heavy (non-hydrogen) atoms. The summed E-state index contributed by atoms with van der Waals surface area (Å²) in [6.45, 7) is 2.40. The molecule has 2 N–H and O–H groups in total. The molecule has 7 nitrogen and oxygen atoms in total. The molecule has 3 aromatic rings. The molecule has 1 fully saturated rings. The first-order valence-corrected chi connectivity index (χ1v) is 11.0. The fraction of sp³-hybridized carbons (Fsp3) is 0.458. The highest BCUT2D eigenvalue weighted by atomic mass is 16.5. The zero-order valence-electron chi connectivity index (χ0n) is 18.3. The van der Waals surface area contributed by atoms with Crippen molar-refractivity contribution >= 4 is 17.0 Å². The van der Waals surface area contributed by atoms with E-state index in [2.05, 4.69) is 47.1 Å². The van der Waals surface area contributed by atoms with Crippen molar-refractivity contribution in [2.45, 2.75) is 38.1 Å². The fourth-order valence-electron chi connectivity index (χ4n) is 3.97. The number of anilines is 1. The Morgan fingerprint density at radius 2 is 2.06 bits per heavy atom. The summed E-state index contributed by atoms with van der Waals surface area (Å²) >= 11 is 0. The topological polar surface area (TPSA) is 71.8 Å². The molecule has 2 heterocycles. The Balaban J connectivity index is 1.46. The maximum absolute atomic E-state index is 9.47. The van der Waals surface area contributed by atoms with E-state index >= 15 is 0 Å². The summed E-state index contributed by atoms with van der Waals surface area (Å²) in [7, 11) is 4.14. The number of hydrogen-bond donors (Lipinski definition) is 2. The second kappa shape index (κ2) is 10.1. The van der Waals surface area contributed by atoms with Crippen LogP contribution in [0.1, 0.15) is 31.1 Å². The number of benzene rings is 2. The van der Waals surface area contributed by atoms with Crippen molar-refractivity contribution in [1.29, 1.82) is 0 Å². The summed E-state index contributed by atoms with van der Waals surface area (Å²) in [6.07, 6.45) is 2.46. The van der Waals surface area contributed by atoms with Gasteiger partial charge in [0.15, 0.2) is 0 Å². The first-order valence-electron chi connectivity index (χ1n) is 11.0. The largest absolute Gasteiger partial charge is 0.494 e. The number of aliphatic hydroxyl groups is 1. The van der Waals surface area contributed by atoms with Gasteiger partial charge >= 0.3 is 0 Å². The highest BCUT2D eigenvalue weighted by molar-refractivity contribution is 5.78. The zero-order chi connectivity index (χ0) is 21.6. The van der Waals surface area contributed by atoms with Gasteiger partial charge in [0.2, 0.25) is 5.95 Å². The van der Waals surface area contributed by atoms with E-state index in [-0.39, 0.29) is 18.9 Å². The minimum atomic E-state index is -0.126. The van der Waals surface area contributed by atoms with Crippen LogP contribution in [0.25, 0.3) is 11.0 Å². The van der Waals surface area contributed by atoms with Gasteiger partial charge in [-0.1, -0.05) is 24.3 Å². The lowest BCUT2D eigenvalue weighted by Crippen LogP contribution is -2.16. The molecule has 0 unspecified atom stereocenters. The molecule has 1 aliphatic rings. The van der Waals surface area contributed by atoms with E-state index in [1.165, 1.54) is 0 Å². The zero-order valence-corrected chi connectivity index (χ0v) is 18.3. The average Bonchev–Trinajstić information content (AvgIpc) is 3.39. The minimum absolute atomic E-state index is 0.0488. The third-order valence-electron chi connectivity index (χ3n) is 5.54. The van der Waals surface area contributed by atoms with Gasteiger partial charge in [-0.3, -0.25) is 4.57 Å². The molecule has 0 saturated carbocycles. The molecule has 1 saturated heterocycles. The number of nitrogens with zero attached hydrogens (tertiary/aromatic N) is 3. The number of fused-ring (bicyclic) bond motifs is 1. The Bertz CT molecular complexity index is 988. The Labute approximate surface area is 183 Å². The van der Waals surface area contributed by atoms with E-state index in [0.29, 0.717) is 13.2 Å². The third kappa shape index (κ3) is 5.36. The Morgan fingerprint density at radius 3 is 2.87 bits per heavy atom. The molecule has 4 rings (SSSR count). The maximum Gasteiger partial charge on any atom is 0.206 e. The molecule has 7 heteroatoms. The summed E-state index contributed by atoms with van der Waals surface area (Å²) in [5, 5.41) is 13.0. The van der Waals surface area contributed by atoms with Crippen molar-refractivity contribution in [3.63, 3.8) is 0 Å². The van der Waals surface area contributed by atoms with Crippen LogP contribution in [0.4, 0.5) is 5.95 Å². The molecule has 0 bridgehead atoms. The Kier molecular flexibility index (Phi) is 7.06. The van der Waals surface area contributed by atoms with Crippen molar-refractivity contribution in [3.05, 3.63) is 54.1 Å². The van der Waals surface area contributed by atoms with Crippen molar-refractivity contribution < 1.29 is 14.6 Å². The molecule has 0 radical (unpaired) electrons. The summed E-state index contributed by atoms with van der Waals surface area (Å²) < 4.78 is 14.1. The summed E-state index contributed by atoms with van der Waals surface area (Å²) in [5.41, 5.74) is 3.09. The summed E-state index contributed by atoms with van der Waals surface area (Å²) in [4.78, 5) is 6.96. The van der Waals surface area contributed by atoms with E-state index in [1.807, 2.05) is 30.3 Å². The van der Waals surface area contributed by atoms with Gasteiger partial charge in [0.25, 0.3) is 0 Å². The molecule has 166 valence electrons. The van der Waals surface area contributed by atoms with Crippen LogP contribution in [-0.2, 0) is 11.3 Å². The lowest BCUT2D eigenvalue weighted by atomic mass is 10.2. The molecule has 1 aromatic heterocycles. The highest BCUT2D eigenvalue weighted by Gasteiger charge is 2.29. The SMILES string of the molecule is CN(C)CCCOc1cccc(CNc2nc3ccccc3n2[C@H]2CC[C@@H](CO)O2)c1. The van der Waals surface area contributed by atoms with Gasteiger partial charge in [-0.2, -0.15) is 0 Å². The van der Waals surface area contributed by atoms with Crippen LogP contribution in [0.3, 0.4) is 0 Å². The molecule has 0 amide bonds. The number of aromatic nitrogens is 2. The smallest absolute Gasteiger partial charge is 0.206 e. The number of para-hydroxylation sites is 2. The second-order valence-corrected chi connectivity index (χ2v) is 8.27. The number of hydrogen-bond acceptors (Lipinski definition) is 6. The fourth-order valence-corrected chi connectivity index (χ4v) is 3.97. The van der Waals surface area contributed by atoms with Crippen LogP contribution in [0.5, 0.6) is 5.75 Å². The van der Waals surface area contributed by atoms with Crippen LogP contribution < -0.4 is 10.1 Å². The average molecular weight is 425 g/mol. The predicted octanol–water partition coefficient (Wildman–Crippen LogP) is 3.65. The monoisotopic (exact) mass is 424 g/mol. The predicted molar refractivity (Wildman–Crippen MR) is 122 cm³/mol. The van der Waals surface area contributed by atoms with Crippen molar-refractivity contribution in [2.24, 2.45) is 0 Å². The Morgan fingerprint density at radius 1 is 1.19 bits per heavy atom. The number of ether oxygens (including phenoxy) is 2. The summed E-state index contributed by atoms with van der Waals surface area (Å²) in [6, 6.07) is 16.3. The normalized spacial score (nSPS) is 18.7. The number of nitrogens with one attached hydrogen (secondary N) is 1. The standard InChI is InChI=1S/C24H32N4O3/c1-27(2)13-6-14-30-19-8-5-7-18(15-19)16-25-24-26-21-9-3-4-10-22(21)28(24)23-12-11-20(17-29)31-23/h3-5,7-10,15,20,23,29H,6,11-14,16-17H2,1-2H3,(H,25,26)/t20-,23+/m0/s1. The van der Waals surface area contributed by atoms with Gasteiger partial charge in [0.05, 0.1) is 30.4 Å². The second-order valence-electron chi connectivity index (χ2n) is 8.27. The van der Waals surface area contributed by atoms with Crippen molar-refractivity contribution in [1.82, 2.24) is 14.5 Å². The molecular formula is C24H32N4O3. The molecule has 0 aliphatic carbocycles. The van der Waals surface area contributed by atoms with E-state index in [9.17, 15) is 5.11 Å². The lowest BCUT2D eigenvalue weighted by Gasteiger charge is -2.18. The minimum Gasteiger partial charge on any atom is -0.494 e. The number of rotatable bonds is 10. The quantitative estimate of drug-likeness (QED) is 0.484. The molecular weight excluding hydrogens is 392 g/mol. The Hall–Kier alpha value is -2.61. The maximum atomic E-state index is 9.47. The van der Waals surface area contributed by atoms with Gasteiger partial charge < -0.3 is 24.8 Å². The molecule has 1 aliphatic heterocycles. The molecule has 2 aromatic carbocycles.